The second kappa shape index (κ2) is 10.8. The number of unbranched alkanes of at least 4 members (excludes halogenated alkanes) is 5. The van der Waals surface area contributed by atoms with E-state index in [0.717, 1.165) is 0 Å². The first-order valence-corrected chi connectivity index (χ1v) is 6.75. The van der Waals surface area contributed by atoms with Crippen LogP contribution in [-0.2, 0) is 6.54 Å². The highest BCUT2D eigenvalue weighted by molar-refractivity contribution is 6.50. The van der Waals surface area contributed by atoms with Crippen molar-refractivity contribution in [1.82, 2.24) is 0 Å². The van der Waals surface area contributed by atoms with Gasteiger partial charge in [-0.2, -0.15) is 0 Å². The minimum Gasteiger partial charge on any atom is -0.418 e. The van der Waals surface area contributed by atoms with E-state index in [4.69, 9.17) is 0 Å². The zero-order valence-electron chi connectivity index (χ0n) is 11.4. The van der Waals surface area contributed by atoms with Gasteiger partial charge in [-0.25, -0.2) is 4.57 Å². The lowest BCUT2D eigenvalue weighted by Crippen LogP contribution is -2.32. The van der Waals surface area contributed by atoms with E-state index in [1.165, 1.54) is 45.1 Å². The third kappa shape index (κ3) is 16.9. The molecule has 0 aromatic carbocycles. The Balaban J connectivity index is 0.000000555. The summed E-state index contributed by atoms with van der Waals surface area (Å²) in [5, 5.41) is 0. The van der Waals surface area contributed by atoms with Crippen LogP contribution in [0, 0.1) is 0 Å². The molecule has 0 aliphatic rings. The Kier molecular flexibility index (Phi) is 10.2. The van der Waals surface area contributed by atoms with Crippen LogP contribution in [-0.4, -0.2) is 7.25 Å². The molecule has 0 amide bonds. The van der Waals surface area contributed by atoms with Gasteiger partial charge < -0.3 is 17.3 Å². The van der Waals surface area contributed by atoms with Gasteiger partial charge in [0.15, 0.2) is 12.4 Å². The average Bonchev–Trinajstić information content (AvgIpc) is 2.33. The number of hydrogen-bond donors (Lipinski definition) is 0. The molecule has 0 atom stereocenters. The molecule has 19 heavy (non-hydrogen) atoms. The van der Waals surface area contributed by atoms with Crippen molar-refractivity contribution in [2.24, 2.45) is 0 Å². The van der Waals surface area contributed by atoms with Crippen LogP contribution in [0.1, 0.15) is 45.4 Å². The normalized spacial score (nSPS) is 10.8. The van der Waals surface area contributed by atoms with E-state index in [1.54, 1.807) is 0 Å². The van der Waals surface area contributed by atoms with Gasteiger partial charge in [0.1, 0.15) is 6.54 Å². The van der Waals surface area contributed by atoms with Crippen LogP contribution in [0.25, 0.3) is 0 Å². The molecule has 0 radical (unpaired) electrons. The van der Waals surface area contributed by atoms with Gasteiger partial charge in [-0.05, 0) is 6.42 Å². The average molecular weight is 279 g/mol. The molecular formula is C13H22BF4N. The van der Waals surface area contributed by atoms with E-state index in [9.17, 15) is 17.3 Å². The maximum Gasteiger partial charge on any atom is 0.673 e. The predicted molar refractivity (Wildman–Crippen MR) is 70.2 cm³/mol. The number of aryl methyl sites for hydroxylation is 1. The molecule has 0 bridgehead atoms. The molecule has 0 unspecified atom stereocenters. The number of pyridine rings is 1. The molecule has 110 valence electrons. The van der Waals surface area contributed by atoms with Gasteiger partial charge in [0.2, 0.25) is 0 Å². The SMILES string of the molecule is CCCCCCCC[n+]1ccccc1.F[B-](F)(F)F. The fraction of sp³-hybridized carbons (Fsp3) is 0.615. The van der Waals surface area contributed by atoms with E-state index in [-0.39, 0.29) is 0 Å². The molecule has 1 heterocycles. The molecular weight excluding hydrogens is 257 g/mol. The van der Waals surface area contributed by atoms with Gasteiger partial charge in [-0.1, -0.05) is 38.7 Å². The van der Waals surface area contributed by atoms with Gasteiger partial charge >= 0.3 is 7.25 Å². The second-order valence-corrected chi connectivity index (χ2v) is 4.38. The molecule has 6 heteroatoms. The number of halogens is 4. The lowest BCUT2D eigenvalue weighted by atomic mass is 10.1. The highest BCUT2D eigenvalue weighted by Gasteiger charge is 2.20. The Hall–Kier alpha value is -1.07. The summed E-state index contributed by atoms with van der Waals surface area (Å²) in [4.78, 5) is 0. The lowest BCUT2D eigenvalue weighted by Gasteiger charge is -1.98. The summed E-state index contributed by atoms with van der Waals surface area (Å²) in [5.41, 5.74) is 0. The summed E-state index contributed by atoms with van der Waals surface area (Å²) in [6.45, 7) is 3.44. The van der Waals surface area contributed by atoms with Crippen molar-refractivity contribution in [2.45, 2.75) is 52.0 Å². The molecule has 0 aliphatic heterocycles. The van der Waals surface area contributed by atoms with Gasteiger partial charge in [0, 0.05) is 18.6 Å². The zero-order chi connectivity index (χ0) is 14.6. The molecule has 1 rings (SSSR count). The van der Waals surface area contributed by atoms with Crippen molar-refractivity contribution in [3.8, 4) is 0 Å². The second-order valence-electron chi connectivity index (χ2n) is 4.38. The predicted octanol–water partition coefficient (Wildman–Crippen LogP) is 4.63. The van der Waals surface area contributed by atoms with Crippen LogP contribution in [0.2, 0.25) is 0 Å². The first-order valence-electron chi connectivity index (χ1n) is 6.75. The van der Waals surface area contributed by atoms with Gasteiger partial charge in [0.25, 0.3) is 0 Å². The largest absolute Gasteiger partial charge is 0.673 e. The summed E-state index contributed by atoms with van der Waals surface area (Å²) in [7, 11) is -6.00. The van der Waals surface area contributed by atoms with Crippen LogP contribution < -0.4 is 4.57 Å². The molecule has 0 spiro atoms. The monoisotopic (exact) mass is 279 g/mol. The summed E-state index contributed by atoms with van der Waals surface area (Å²) in [6.07, 6.45) is 12.5. The van der Waals surface area contributed by atoms with Gasteiger partial charge in [-0.15, -0.1) is 0 Å². The first-order chi connectivity index (χ1) is 8.93. The standard InChI is InChI=1S/C13H22N.BF4/c1-2-3-4-5-6-8-11-14-12-9-7-10-13-14;2-1(3,4)5/h7,9-10,12-13H,2-6,8,11H2,1H3;/q+1;-1. The third-order valence-corrected chi connectivity index (χ3v) is 2.55. The number of hydrogen-bond acceptors (Lipinski definition) is 0. The Bertz CT molecular complexity index is 297. The van der Waals surface area contributed by atoms with Crippen LogP contribution >= 0.6 is 0 Å². The molecule has 1 aromatic rings. The lowest BCUT2D eigenvalue weighted by molar-refractivity contribution is -0.697. The zero-order valence-corrected chi connectivity index (χ0v) is 11.4. The molecule has 1 nitrogen and oxygen atoms in total. The van der Waals surface area contributed by atoms with E-state index in [0.29, 0.717) is 0 Å². The summed E-state index contributed by atoms with van der Waals surface area (Å²) in [5.74, 6) is 0. The van der Waals surface area contributed by atoms with Crippen molar-refractivity contribution in [1.29, 1.82) is 0 Å². The summed E-state index contributed by atoms with van der Waals surface area (Å²) >= 11 is 0. The maximum atomic E-state index is 9.75. The van der Waals surface area contributed by atoms with Crippen molar-refractivity contribution < 1.29 is 21.8 Å². The van der Waals surface area contributed by atoms with Crippen molar-refractivity contribution in [3.05, 3.63) is 30.6 Å². The van der Waals surface area contributed by atoms with Crippen molar-refractivity contribution in [3.63, 3.8) is 0 Å². The van der Waals surface area contributed by atoms with Crippen LogP contribution in [0.15, 0.2) is 30.6 Å². The Morgan fingerprint density at radius 2 is 1.26 bits per heavy atom. The summed E-state index contributed by atoms with van der Waals surface area (Å²) in [6, 6.07) is 6.26. The van der Waals surface area contributed by atoms with Crippen molar-refractivity contribution in [2.75, 3.05) is 0 Å². The molecule has 0 aliphatic carbocycles. The number of nitrogens with zero attached hydrogens (tertiary/aromatic N) is 1. The topological polar surface area (TPSA) is 3.88 Å². The smallest absolute Gasteiger partial charge is 0.418 e. The Morgan fingerprint density at radius 1 is 0.789 bits per heavy atom. The fourth-order valence-corrected chi connectivity index (χ4v) is 1.66. The fourth-order valence-electron chi connectivity index (χ4n) is 1.66. The first kappa shape index (κ1) is 17.9. The molecule has 1 aromatic heterocycles. The van der Waals surface area contributed by atoms with Crippen LogP contribution in [0.4, 0.5) is 17.3 Å². The van der Waals surface area contributed by atoms with E-state index >= 15 is 0 Å². The third-order valence-electron chi connectivity index (χ3n) is 2.55. The van der Waals surface area contributed by atoms with Crippen molar-refractivity contribution >= 4 is 7.25 Å². The maximum absolute atomic E-state index is 9.75. The molecule has 0 saturated heterocycles. The van der Waals surface area contributed by atoms with Crippen LogP contribution in [0.3, 0.4) is 0 Å². The highest BCUT2D eigenvalue weighted by atomic mass is 19.5. The van der Waals surface area contributed by atoms with E-state index in [2.05, 4.69) is 42.1 Å². The Labute approximate surface area is 112 Å². The summed E-state index contributed by atoms with van der Waals surface area (Å²) < 4.78 is 41.3. The Morgan fingerprint density at radius 3 is 1.79 bits per heavy atom. The van der Waals surface area contributed by atoms with Crippen LogP contribution in [0.5, 0.6) is 0 Å². The number of aromatic nitrogens is 1. The van der Waals surface area contributed by atoms with E-state index < -0.39 is 7.25 Å². The number of rotatable bonds is 7. The van der Waals surface area contributed by atoms with Gasteiger partial charge in [0.05, 0.1) is 0 Å². The minimum absolute atomic E-state index is 1.17. The molecule has 0 fully saturated rings. The van der Waals surface area contributed by atoms with Gasteiger partial charge in [-0.3, -0.25) is 0 Å². The quantitative estimate of drug-likeness (QED) is 0.296. The molecule has 0 N–H and O–H groups in total. The highest BCUT2D eigenvalue weighted by Crippen LogP contribution is 2.06. The minimum atomic E-state index is -6.00. The molecule has 0 saturated carbocycles. The van der Waals surface area contributed by atoms with E-state index in [1.807, 2.05) is 0 Å².